The molecule has 1 aromatic carbocycles. The lowest BCUT2D eigenvalue weighted by atomic mass is 10.2. The van der Waals surface area contributed by atoms with Gasteiger partial charge in [0, 0.05) is 19.7 Å². The first-order valence-electron chi connectivity index (χ1n) is 6.01. The Morgan fingerprint density at radius 1 is 1.24 bits per heavy atom. The zero-order chi connectivity index (χ0) is 15.3. The Morgan fingerprint density at radius 3 is 2.62 bits per heavy atom. The number of aryl methyl sites for hydroxylation is 1. The maximum absolute atomic E-state index is 13.3. The van der Waals surface area contributed by atoms with E-state index in [1.54, 1.807) is 12.1 Å². The van der Waals surface area contributed by atoms with Gasteiger partial charge in [0.05, 0.1) is 4.47 Å². The Kier molecular flexibility index (Phi) is 3.05. The van der Waals surface area contributed by atoms with Gasteiger partial charge in [-0.2, -0.15) is 0 Å². The molecule has 3 aromatic rings. The molecule has 0 saturated carbocycles. The molecule has 0 unspecified atom stereocenters. The van der Waals surface area contributed by atoms with Crippen LogP contribution in [0.4, 0.5) is 4.39 Å². The second-order valence-electron chi connectivity index (χ2n) is 4.62. The summed E-state index contributed by atoms with van der Waals surface area (Å²) in [4.78, 5) is 31.1. The van der Waals surface area contributed by atoms with Crippen LogP contribution >= 0.6 is 15.9 Å². The molecule has 0 spiro atoms. The van der Waals surface area contributed by atoms with Crippen LogP contribution in [0.5, 0.6) is 0 Å². The van der Waals surface area contributed by atoms with Crippen LogP contribution in [0.2, 0.25) is 0 Å². The second kappa shape index (κ2) is 4.66. The van der Waals surface area contributed by atoms with Crippen molar-refractivity contribution in [1.29, 1.82) is 0 Å². The summed E-state index contributed by atoms with van der Waals surface area (Å²) in [5.41, 5.74) is 0.196. The van der Waals surface area contributed by atoms with Crippen molar-refractivity contribution < 1.29 is 4.39 Å². The van der Waals surface area contributed by atoms with Crippen molar-refractivity contribution in [3.8, 4) is 11.4 Å². The number of benzene rings is 1. The van der Waals surface area contributed by atoms with Crippen molar-refractivity contribution in [2.75, 3.05) is 0 Å². The monoisotopic (exact) mass is 352 g/mol. The normalized spacial score (nSPS) is 11.2. The number of imidazole rings is 1. The maximum atomic E-state index is 13.3. The van der Waals surface area contributed by atoms with E-state index in [0.717, 1.165) is 4.57 Å². The van der Waals surface area contributed by atoms with Crippen LogP contribution in [0.15, 0.2) is 32.3 Å². The molecule has 0 aliphatic rings. The SMILES string of the molecule is Cn1c(=O)c2[nH]c(-c3ccc(F)c(Br)c3)nc2n(C)c1=O. The molecular formula is C13H10BrFN4O2. The number of fused-ring (bicyclic) bond motifs is 1. The van der Waals surface area contributed by atoms with E-state index >= 15 is 0 Å². The lowest BCUT2D eigenvalue weighted by Gasteiger charge is -2.00. The molecule has 0 atom stereocenters. The molecule has 108 valence electrons. The van der Waals surface area contributed by atoms with Crippen LogP contribution in [0, 0.1) is 5.82 Å². The van der Waals surface area contributed by atoms with Gasteiger partial charge < -0.3 is 4.98 Å². The highest BCUT2D eigenvalue weighted by Crippen LogP contribution is 2.24. The smallest absolute Gasteiger partial charge is 0.332 e. The van der Waals surface area contributed by atoms with Crippen molar-refractivity contribution in [3.63, 3.8) is 0 Å². The number of aromatic nitrogens is 4. The van der Waals surface area contributed by atoms with E-state index < -0.39 is 17.1 Å². The van der Waals surface area contributed by atoms with Crippen molar-refractivity contribution in [2.24, 2.45) is 14.1 Å². The molecule has 0 bridgehead atoms. The molecular weight excluding hydrogens is 343 g/mol. The van der Waals surface area contributed by atoms with Gasteiger partial charge in [-0.05, 0) is 34.1 Å². The van der Waals surface area contributed by atoms with Gasteiger partial charge in [-0.1, -0.05) is 0 Å². The molecule has 0 aliphatic carbocycles. The van der Waals surface area contributed by atoms with Crippen molar-refractivity contribution in [2.45, 2.75) is 0 Å². The van der Waals surface area contributed by atoms with Gasteiger partial charge in [0.1, 0.15) is 17.2 Å². The minimum Gasteiger partial charge on any atom is -0.332 e. The van der Waals surface area contributed by atoms with E-state index in [0.29, 0.717) is 15.9 Å². The van der Waals surface area contributed by atoms with Gasteiger partial charge in [0.15, 0.2) is 5.65 Å². The number of halogens is 2. The molecule has 1 N–H and O–H groups in total. The van der Waals surface area contributed by atoms with Crippen LogP contribution in [-0.2, 0) is 14.1 Å². The number of aromatic amines is 1. The van der Waals surface area contributed by atoms with Gasteiger partial charge in [0.25, 0.3) is 5.56 Å². The summed E-state index contributed by atoms with van der Waals surface area (Å²) in [7, 11) is 2.94. The van der Waals surface area contributed by atoms with Gasteiger partial charge in [-0.25, -0.2) is 14.2 Å². The standard InChI is InChI=1S/C13H10BrFN4O2/c1-18-11-9(12(20)19(2)13(18)21)16-10(17-11)6-3-4-8(15)7(14)5-6/h3-5H,1-2H3,(H,16,17). The molecule has 0 fully saturated rings. The lowest BCUT2D eigenvalue weighted by Crippen LogP contribution is -2.36. The van der Waals surface area contributed by atoms with E-state index in [1.807, 2.05) is 0 Å². The van der Waals surface area contributed by atoms with Crippen molar-refractivity contribution in [1.82, 2.24) is 19.1 Å². The predicted molar refractivity (Wildman–Crippen MR) is 79.7 cm³/mol. The first kappa shape index (κ1) is 13.7. The Balaban J connectivity index is 2.34. The van der Waals surface area contributed by atoms with Crippen LogP contribution in [0.25, 0.3) is 22.6 Å². The van der Waals surface area contributed by atoms with E-state index in [4.69, 9.17) is 0 Å². The highest BCUT2D eigenvalue weighted by Gasteiger charge is 2.14. The largest absolute Gasteiger partial charge is 0.332 e. The number of rotatable bonds is 1. The summed E-state index contributed by atoms with van der Waals surface area (Å²) in [6.07, 6.45) is 0. The highest BCUT2D eigenvalue weighted by molar-refractivity contribution is 9.10. The zero-order valence-corrected chi connectivity index (χ0v) is 12.7. The molecule has 0 amide bonds. The van der Waals surface area contributed by atoms with Gasteiger partial charge >= 0.3 is 5.69 Å². The first-order valence-corrected chi connectivity index (χ1v) is 6.80. The number of nitrogens with one attached hydrogen (secondary N) is 1. The van der Waals surface area contributed by atoms with E-state index in [9.17, 15) is 14.0 Å². The second-order valence-corrected chi connectivity index (χ2v) is 5.47. The summed E-state index contributed by atoms with van der Waals surface area (Å²) in [5.74, 6) is 0.00201. The fraction of sp³-hybridized carbons (Fsp3) is 0.154. The fourth-order valence-corrected chi connectivity index (χ4v) is 2.48. The topological polar surface area (TPSA) is 72.7 Å². The van der Waals surface area contributed by atoms with Crippen molar-refractivity contribution >= 4 is 27.1 Å². The summed E-state index contributed by atoms with van der Waals surface area (Å²) in [6, 6.07) is 4.39. The summed E-state index contributed by atoms with van der Waals surface area (Å²) >= 11 is 3.10. The molecule has 8 heteroatoms. The van der Waals surface area contributed by atoms with Gasteiger partial charge in [-0.15, -0.1) is 0 Å². The van der Waals surface area contributed by atoms with Gasteiger partial charge in [-0.3, -0.25) is 13.9 Å². The average molecular weight is 353 g/mol. The summed E-state index contributed by atoms with van der Waals surface area (Å²) < 4.78 is 15.9. The van der Waals surface area contributed by atoms with E-state index in [1.165, 1.54) is 24.7 Å². The highest BCUT2D eigenvalue weighted by atomic mass is 79.9. The number of nitrogens with zero attached hydrogens (tertiary/aromatic N) is 3. The maximum Gasteiger partial charge on any atom is 0.332 e. The third kappa shape index (κ3) is 2.02. The summed E-state index contributed by atoms with van der Waals surface area (Å²) in [5, 5.41) is 0. The Bertz CT molecular complexity index is 986. The number of hydrogen-bond acceptors (Lipinski definition) is 3. The Labute approximate surface area is 126 Å². The molecule has 21 heavy (non-hydrogen) atoms. The number of H-pyrrole nitrogens is 1. The van der Waals surface area contributed by atoms with Crippen LogP contribution in [0.3, 0.4) is 0 Å². The third-order valence-corrected chi connectivity index (χ3v) is 3.90. The lowest BCUT2D eigenvalue weighted by molar-refractivity contribution is 0.621. The molecule has 6 nitrogen and oxygen atoms in total. The van der Waals surface area contributed by atoms with Gasteiger partial charge in [0.2, 0.25) is 0 Å². The molecule has 2 heterocycles. The molecule has 0 aliphatic heterocycles. The summed E-state index contributed by atoms with van der Waals surface area (Å²) in [6.45, 7) is 0. The van der Waals surface area contributed by atoms with E-state index in [-0.39, 0.29) is 11.2 Å². The molecule has 0 saturated heterocycles. The van der Waals surface area contributed by atoms with Crippen LogP contribution < -0.4 is 11.2 Å². The Hall–Kier alpha value is -2.22. The van der Waals surface area contributed by atoms with Crippen LogP contribution in [-0.4, -0.2) is 19.1 Å². The zero-order valence-electron chi connectivity index (χ0n) is 11.1. The predicted octanol–water partition coefficient (Wildman–Crippen LogP) is 1.53. The average Bonchev–Trinajstić information content (AvgIpc) is 2.91. The minimum absolute atomic E-state index is 0.232. The molecule has 3 rings (SSSR count). The third-order valence-electron chi connectivity index (χ3n) is 3.29. The molecule has 0 radical (unpaired) electrons. The number of hydrogen-bond donors (Lipinski definition) is 1. The first-order chi connectivity index (χ1) is 9.90. The fourth-order valence-electron chi connectivity index (χ4n) is 2.11. The molecule has 2 aromatic heterocycles. The van der Waals surface area contributed by atoms with E-state index in [2.05, 4.69) is 25.9 Å². The quantitative estimate of drug-likeness (QED) is 0.721. The minimum atomic E-state index is -0.453. The van der Waals surface area contributed by atoms with Crippen LogP contribution in [0.1, 0.15) is 0 Å². The Morgan fingerprint density at radius 2 is 1.95 bits per heavy atom. The van der Waals surface area contributed by atoms with Crippen molar-refractivity contribution in [3.05, 3.63) is 49.3 Å².